The summed E-state index contributed by atoms with van der Waals surface area (Å²) in [6, 6.07) is 0. The molecular formula is C16H36N2O2Sn. The molecule has 0 heterocycles. The number of nitrogens with zero attached hydrogens (tertiary/aromatic N) is 2. The number of hydrogen-bond donors (Lipinski definition) is 0. The van der Waals surface area contributed by atoms with Crippen molar-refractivity contribution in [3.05, 3.63) is 0 Å². The molecule has 2 unspecified atom stereocenters. The van der Waals surface area contributed by atoms with Crippen molar-refractivity contribution in [2.45, 2.75) is 53.8 Å². The topological polar surface area (TPSA) is 24.9 Å². The predicted octanol–water partition coefficient (Wildman–Crippen LogP) is 2.51. The van der Waals surface area contributed by atoms with E-state index in [1.165, 1.54) is 0 Å². The van der Waals surface area contributed by atoms with Gasteiger partial charge in [0.25, 0.3) is 0 Å². The molecule has 0 aromatic rings. The summed E-state index contributed by atoms with van der Waals surface area (Å²) in [7, 11) is 4.30. The van der Waals surface area contributed by atoms with Crippen LogP contribution in [-0.2, 0) is 6.15 Å². The molecule has 0 bridgehead atoms. The van der Waals surface area contributed by atoms with Crippen molar-refractivity contribution in [2.24, 2.45) is 11.8 Å². The van der Waals surface area contributed by atoms with Gasteiger partial charge >= 0.3 is 144 Å². The molecule has 0 saturated carbocycles. The number of rotatable bonds is 12. The molecule has 2 atom stereocenters. The van der Waals surface area contributed by atoms with Crippen molar-refractivity contribution >= 4 is 22.0 Å². The van der Waals surface area contributed by atoms with Gasteiger partial charge in [-0.25, -0.2) is 0 Å². The van der Waals surface area contributed by atoms with Crippen molar-refractivity contribution in [3.63, 3.8) is 0 Å². The third kappa shape index (κ3) is 10.1. The van der Waals surface area contributed by atoms with Crippen LogP contribution >= 0.6 is 0 Å². The second-order valence-corrected chi connectivity index (χ2v) is 8.41. The quantitative estimate of drug-likeness (QED) is 0.465. The molecule has 0 saturated heterocycles. The van der Waals surface area contributed by atoms with Crippen LogP contribution in [0.2, 0.25) is 0 Å². The van der Waals surface area contributed by atoms with E-state index in [-0.39, 0.29) is 0 Å². The molecule has 21 heavy (non-hydrogen) atoms. The second kappa shape index (κ2) is 12.1. The summed E-state index contributed by atoms with van der Waals surface area (Å²) in [5.74, 6) is 1.08. The Kier molecular flexibility index (Phi) is 12.5. The van der Waals surface area contributed by atoms with Gasteiger partial charge in [0.1, 0.15) is 0 Å². The minimum atomic E-state index is -1.22. The first-order valence-corrected chi connectivity index (χ1v) is 10.6. The van der Waals surface area contributed by atoms with Crippen molar-refractivity contribution in [3.8, 4) is 0 Å². The molecule has 126 valence electrons. The van der Waals surface area contributed by atoms with Crippen LogP contribution in [0.25, 0.3) is 0 Å². The molecule has 0 amide bonds. The van der Waals surface area contributed by atoms with E-state index >= 15 is 0 Å². The molecule has 5 heteroatoms. The molecule has 0 fully saturated rings. The van der Waals surface area contributed by atoms with Gasteiger partial charge in [0, 0.05) is 0 Å². The van der Waals surface area contributed by atoms with E-state index in [9.17, 15) is 0 Å². The first-order valence-electron chi connectivity index (χ1n) is 8.25. The Bertz CT molecular complexity index is 228. The van der Waals surface area contributed by atoms with Crippen molar-refractivity contribution in [2.75, 3.05) is 40.3 Å². The van der Waals surface area contributed by atoms with Crippen molar-refractivity contribution in [1.29, 1.82) is 0 Å². The predicted molar refractivity (Wildman–Crippen MR) is 91.5 cm³/mol. The van der Waals surface area contributed by atoms with E-state index in [4.69, 9.17) is 6.15 Å². The summed E-state index contributed by atoms with van der Waals surface area (Å²) >= 11 is -1.22. The Balaban J connectivity index is 4.25. The Hall–Kier alpha value is 0.639. The van der Waals surface area contributed by atoms with Crippen LogP contribution < -0.4 is 0 Å². The van der Waals surface area contributed by atoms with Gasteiger partial charge in [-0.1, -0.05) is 0 Å². The van der Waals surface area contributed by atoms with E-state index in [2.05, 4.69) is 65.4 Å². The van der Waals surface area contributed by atoms with Crippen molar-refractivity contribution < 1.29 is 6.15 Å². The average molecular weight is 407 g/mol. The van der Waals surface area contributed by atoms with Gasteiger partial charge < -0.3 is 0 Å². The molecule has 0 aliphatic heterocycles. The summed E-state index contributed by atoms with van der Waals surface area (Å²) < 4.78 is 12.3. The van der Waals surface area contributed by atoms with E-state index < -0.39 is 22.0 Å². The van der Waals surface area contributed by atoms with Gasteiger partial charge in [0.15, 0.2) is 0 Å². The van der Waals surface area contributed by atoms with Gasteiger partial charge in [-0.3, -0.25) is 0 Å². The van der Waals surface area contributed by atoms with Crippen LogP contribution in [0.15, 0.2) is 0 Å². The zero-order valence-corrected chi connectivity index (χ0v) is 18.2. The van der Waals surface area contributed by atoms with E-state index in [1.54, 1.807) is 0 Å². The van der Waals surface area contributed by atoms with Crippen molar-refractivity contribution in [1.82, 2.24) is 9.80 Å². The molecule has 4 nitrogen and oxygen atoms in total. The first-order chi connectivity index (χ1) is 9.81. The van der Waals surface area contributed by atoms with Gasteiger partial charge in [0.2, 0.25) is 0 Å². The Morgan fingerprint density at radius 3 is 1.33 bits per heavy atom. The summed E-state index contributed by atoms with van der Waals surface area (Å²) in [4.78, 5) is 4.63. The van der Waals surface area contributed by atoms with E-state index in [0.717, 1.165) is 26.2 Å². The van der Waals surface area contributed by atoms with Gasteiger partial charge in [0.05, 0.1) is 0 Å². The van der Waals surface area contributed by atoms with Gasteiger partial charge in [-0.2, -0.15) is 0 Å². The first kappa shape index (κ1) is 21.6. The van der Waals surface area contributed by atoms with Crippen LogP contribution in [0, 0.1) is 11.8 Å². The molecule has 0 N–H and O–H groups in total. The van der Waals surface area contributed by atoms with Crippen LogP contribution in [0.1, 0.15) is 41.5 Å². The van der Waals surface area contributed by atoms with Crippen LogP contribution in [0.3, 0.4) is 0 Å². The molecule has 0 aliphatic carbocycles. The summed E-state index contributed by atoms with van der Waals surface area (Å²) in [5.41, 5.74) is 0. The SMILES string of the molecule is CCN(C)CC([O][Sn][O]C(CN(C)CC)C(C)C)C(C)C. The molecule has 0 rings (SSSR count). The summed E-state index contributed by atoms with van der Waals surface area (Å²) in [6.45, 7) is 17.4. The molecule has 2 radical (unpaired) electrons. The van der Waals surface area contributed by atoms with E-state index in [0.29, 0.717) is 24.0 Å². The Labute approximate surface area is 143 Å². The fourth-order valence-electron chi connectivity index (χ4n) is 1.79. The number of likely N-dealkylation sites (N-methyl/N-ethyl adjacent to an activating group) is 2. The monoisotopic (exact) mass is 408 g/mol. The zero-order valence-electron chi connectivity index (χ0n) is 15.3. The molecular weight excluding hydrogens is 371 g/mol. The minimum absolute atomic E-state index is 0.304. The van der Waals surface area contributed by atoms with Gasteiger partial charge in [-0.05, 0) is 0 Å². The standard InChI is InChI=1S/2C8H18NO.Sn/c2*1-5-9(4)6-8(10)7(2)3;/h2*7-8H,5-6H2,1-4H3;/q2*-1;+2. The fraction of sp³-hybridized carbons (Fsp3) is 1.00. The fourth-order valence-corrected chi connectivity index (χ4v) is 4.64. The molecule has 0 aromatic heterocycles. The Morgan fingerprint density at radius 2 is 1.10 bits per heavy atom. The van der Waals surface area contributed by atoms with Crippen LogP contribution in [0.4, 0.5) is 0 Å². The third-order valence-corrected chi connectivity index (χ3v) is 6.23. The van der Waals surface area contributed by atoms with E-state index in [1.807, 2.05) is 0 Å². The summed E-state index contributed by atoms with van der Waals surface area (Å²) in [6.07, 6.45) is 0.608. The molecule has 0 aliphatic rings. The van der Waals surface area contributed by atoms with Crippen LogP contribution in [0.5, 0.6) is 0 Å². The zero-order chi connectivity index (χ0) is 16.4. The Morgan fingerprint density at radius 1 is 0.762 bits per heavy atom. The van der Waals surface area contributed by atoms with Crippen LogP contribution in [-0.4, -0.2) is 84.3 Å². The second-order valence-electron chi connectivity index (χ2n) is 6.59. The summed E-state index contributed by atoms with van der Waals surface area (Å²) in [5, 5.41) is 0. The molecule has 0 aromatic carbocycles. The maximum absolute atomic E-state index is 6.16. The molecule has 0 spiro atoms. The third-order valence-electron chi connectivity index (χ3n) is 3.95. The normalized spacial score (nSPS) is 15.4. The number of hydrogen-bond acceptors (Lipinski definition) is 4. The maximum atomic E-state index is 6.16. The average Bonchev–Trinajstić information content (AvgIpc) is 2.43. The van der Waals surface area contributed by atoms with Gasteiger partial charge in [-0.15, -0.1) is 0 Å².